The molecule has 0 aliphatic carbocycles. The number of rotatable bonds is 8. The number of anilines is 1. The molecule has 7 heteroatoms. The standard InChI is InChI=1S/C16H27N3O3S/c1-13-7-8-15(14(2)11-13)19(23(5,21)22)12-16(20)17-9-6-10-18(3)4/h7-8,11H,6,9-10,12H2,1-5H3,(H,17,20). The van der Waals surface area contributed by atoms with Crippen LogP contribution in [0.15, 0.2) is 18.2 Å². The first-order valence-electron chi connectivity index (χ1n) is 7.57. The highest BCUT2D eigenvalue weighted by molar-refractivity contribution is 7.92. The predicted octanol–water partition coefficient (Wildman–Crippen LogP) is 1.14. The molecule has 0 aromatic heterocycles. The van der Waals surface area contributed by atoms with Crippen LogP contribution in [-0.4, -0.2) is 59.2 Å². The van der Waals surface area contributed by atoms with Crippen molar-refractivity contribution >= 4 is 21.6 Å². The van der Waals surface area contributed by atoms with Crippen molar-refractivity contribution in [3.63, 3.8) is 0 Å². The van der Waals surface area contributed by atoms with Crippen molar-refractivity contribution in [3.05, 3.63) is 29.3 Å². The molecular formula is C16H27N3O3S. The van der Waals surface area contributed by atoms with Crippen LogP contribution in [0.25, 0.3) is 0 Å². The van der Waals surface area contributed by atoms with Crippen molar-refractivity contribution in [2.24, 2.45) is 0 Å². The number of sulfonamides is 1. The van der Waals surface area contributed by atoms with Gasteiger partial charge in [0.15, 0.2) is 0 Å². The molecule has 1 amide bonds. The number of carbonyl (C=O) groups excluding carboxylic acids is 1. The molecular weight excluding hydrogens is 314 g/mol. The lowest BCUT2D eigenvalue weighted by Gasteiger charge is -2.24. The number of carbonyl (C=O) groups is 1. The quantitative estimate of drug-likeness (QED) is 0.720. The van der Waals surface area contributed by atoms with Crippen LogP contribution >= 0.6 is 0 Å². The first kappa shape index (κ1) is 19.4. The highest BCUT2D eigenvalue weighted by Crippen LogP contribution is 2.23. The molecule has 0 unspecified atom stereocenters. The summed E-state index contributed by atoms with van der Waals surface area (Å²) in [7, 11) is 0.403. The number of nitrogens with zero attached hydrogens (tertiary/aromatic N) is 2. The Morgan fingerprint density at radius 1 is 1.22 bits per heavy atom. The van der Waals surface area contributed by atoms with Gasteiger partial charge in [-0.1, -0.05) is 17.7 Å². The van der Waals surface area contributed by atoms with E-state index in [0.29, 0.717) is 12.2 Å². The Labute approximate surface area is 139 Å². The monoisotopic (exact) mass is 341 g/mol. The van der Waals surface area contributed by atoms with Crippen LogP contribution < -0.4 is 9.62 Å². The maximum absolute atomic E-state index is 12.1. The highest BCUT2D eigenvalue weighted by atomic mass is 32.2. The maximum atomic E-state index is 12.1. The molecule has 1 aromatic rings. The third-order valence-electron chi connectivity index (χ3n) is 3.41. The lowest BCUT2D eigenvalue weighted by Crippen LogP contribution is -2.41. The molecule has 6 nitrogen and oxygen atoms in total. The number of hydrogen-bond acceptors (Lipinski definition) is 4. The zero-order valence-electron chi connectivity index (χ0n) is 14.6. The van der Waals surface area contributed by atoms with E-state index in [1.807, 2.05) is 45.0 Å². The van der Waals surface area contributed by atoms with E-state index in [9.17, 15) is 13.2 Å². The van der Waals surface area contributed by atoms with Gasteiger partial charge in [0.05, 0.1) is 11.9 Å². The van der Waals surface area contributed by atoms with Crippen molar-refractivity contribution in [3.8, 4) is 0 Å². The molecule has 0 spiro atoms. The summed E-state index contributed by atoms with van der Waals surface area (Å²) in [6.07, 6.45) is 1.94. The van der Waals surface area contributed by atoms with Crippen LogP contribution in [0.1, 0.15) is 17.5 Å². The number of amides is 1. The second-order valence-electron chi connectivity index (χ2n) is 6.07. The Kier molecular flexibility index (Phi) is 7.02. The van der Waals surface area contributed by atoms with Gasteiger partial charge in [-0.15, -0.1) is 0 Å². The average molecular weight is 341 g/mol. The first-order valence-corrected chi connectivity index (χ1v) is 9.42. The Bertz CT molecular complexity index is 642. The second kappa shape index (κ2) is 8.31. The van der Waals surface area contributed by atoms with Gasteiger partial charge in [0.2, 0.25) is 15.9 Å². The van der Waals surface area contributed by atoms with E-state index in [-0.39, 0.29) is 12.5 Å². The van der Waals surface area contributed by atoms with Crippen molar-refractivity contribution in [1.29, 1.82) is 0 Å². The molecule has 0 bridgehead atoms. The molecule has 130 valence electrons. The number of hydrogen-bond donors (Lipinski definition) is 1. The van der Waals surface area contributed by atoms with Gasteiger partial charge in [-0.2, -0.15) is 0 Å². The van der Waals surface area contributed by atoms with Gasteiger partial charge in [-0.05, 0) is 52.5 Å². The molecule has 0 atom stereocenters. The van der Waals surface area contributed by atoms with Crippen molar-refractivity contribution in [2.45, 2.75) is 20.3 Å². The summed E-state index contributed by atoms with van der Waals surface area (Å²) in [6, 6.07) is 5.49. The molecule has 1 rings (SSSR count). The first-order chi connectivity index (χ1) is 10.6. The summed E-state index contributed by atoms with van der Waals surface area (Å²) in [6.45, 7) is 4.98. The van der Waals surface area contributed by atoms with Crippen LogP contribution in [0.2, 0.25) is 0 Å². The van der Waals surface area contributed by atoms with Crippen LogP contribution in [0.3, 0.4) is 0 Å². The summed E-state index contributed by atoms with van der Waals surface area (Å²) in [5, 5.41) is 2.77. The Morgan fingerprint density at radius 3 is 2.39 bits per heavy atom. The number of nitrogens with one attached hydrogen (secondary N) is 1. The Morgan fingerprint density at radius 2 is 1.87 bits per heavy atom. The van der Waals surface area contributed by atoms with Gasteiger partial charge in [-0.25, -0.2) is 8.42 Å². The van der Waals surface area contributed by atoms with Crippen LogP contribution in [0.4, 0.5) is 5.69 Å². The predicted molar refractivity (Wildman–Crippen MR) is 94.3 cm³/mol. The molecule has 23 heavy (non-hydrogen) atoms. The summed E-state index contributed by atoms with van der Waals surface area (Å²) in [5.74, 6) is -0.297. The lowest BCUT2D eigenvalue weighted by molar-refractivity contribution is -0.119. The van der Waals surface area contributed by atoms with Gasteiger partial charge in [0, 0.05) is 6.54 Å². The summed E-state index contributed by atoms with van der Waals surface area (Å²) < 4.78 is 25.3. The molecule has 0 aliphatic heterocycles. The molecule has 0 saturated heterocycles. The maximum Gasteiger partial charge on any atom is 0.240 e. The van der Waals surface area contributed by atoms with E-state index in [0.717, 1.165) is 34.7 Å². The Hall–Kier alpha value is -1.60. The topological polar surface area (TPSA) is 69.7 Å². The third kappa shape index (κ3) is 6.58. The van der Waals surface area contributed by atoms with Crippen LogP contribution in [0.5, 0.6) is 0 Å². The minimum Gasteiger partial charge on any atom is -0.354 e. The van der Waals surface area contributed by atoms with Crippen LogP contribution in [0, 0.1) is 13.8 Å². The van der Waals surface area contributed by atoms with Gasteiger partial charge < -0.3 is 10.2 Å². The van der Waals surface area contributed by atoms with Gasteiger partial charge in [0.25, 0.3) is 0 Å². The van der Waals surface area contributed by atoms with Crippen molar-refractivity contribution in [1.82, 2.24) is 10.2 Å². The fourth-order valence-electron chi connectivity index (χ4n) is 2.28. The summed E-state index contributed by atoms with van der Waals surface area (Å²) >= 11 is 0. The summed E-state index contributed by atoms with van der Waals surface area (Å²) in [4.78, 5) is 14.1. The molecule has 0 fully saturated rings. The van der Waals surface area contributed by atoms with Crippen LogP contribution in [-0.2, 0) is 14.8 Å². The SMILES string of the molecule is Cc1ccc(N(CC(=O)NCCCN(C)C)S(C)(=O)=O)c(C)c1. The van der Waals surface area contributed by atoms with E-state index in [2.05, 4.69) is 5.32 Å². The largest absolute Gasteiger partial charge is 0.354 e. The lowest BCUT2D eigenvalue weighted by atomic mass is 10.1. The molecule has 0 aliphatic rings. The van der Waals surface area contributed by atoms with E-state index in [1.54, 1.807) is 6.07 Å². The fraction of sp³-hybridized carbons (Fsp3) is 0.562. The fourth-order valence-corrected chi connectivity index (χ4v) is 3.19. The zero-order valence-corrected chi connectivity index (χ0v) is 15.4. The molecule has 0 heterocycles. The van der Waals surface area contributed by atoms with E-state index in [1.165, 1.54) is 0 Å². The van der Waals surface area contributed by atoms with Crippen molar-refractivity contribution in [2.75, 3.05) is 44.3 Å². The normalized spacial score (nSPS) is 11.6. The molecule has 1 aromatic carbocycles. The van der Waals surface area contributed by atoms with E-state index in [4.69, 9.17) is 0 Å². The average Bonchev–Trinajstić information content (AvgIpc) is 2.40. The van der Waals surface area contributed by atoms with E-state index >= 15 is 0 Å². The third-order valence-corrected chi connectivity index (χ3v) is 4.54. The zero-order chi connectivity index (χ0) is 17.6. The summed E-state index contributed by atoms with van der Waals surface area (Å²) in [5.41, 5.74) is 2.42. The molecule has 0 saturated carbocycles. The van der Waals surface area contributed by atoms with Gasteiger partial charge in [0.1, 0.15) is 6.54 Å². The molecule has 0 radical (unpaired) electrons. The van der Waals surface area contributed by atoms with Gasteiger partial charge >= 0.3 is 0 Å². The van der Waals surface area contributed by atoms with Gasteiger partial charge in [-0.3, -0.25) is 9.10 Å². The van der Waals surface area contributed by atoms with E-state index < -0.39 is 10.0 Å². The Balaban J connectivity index is 2.79. The second-order valence-corrected chi connectivity index (χ2v) is 7.97. The molecule has 1 N–H and O–H groups in total. The minimum absolute atomic E-state index is 0.204. The highest BCUT2D eigenvalue weighted by Gasteiger charge is 2.22. The smallest absolute Gasteiger partial charge is 0.240 e. The minimum atomic E-state index is -3.53. The number of benzene rings is 1. The van der Waals surface area contributed by atoms with Crippen molar-refractivity contribution < 1.29 is 13.2 Å². The number of aryl methyl sites for hydroxylation is 2.